The Kier molecular flexibility index (Phi) is 5.92. The monoisotopic (exact) mass is 390 g/mol. The molecule has 1 saturated heterocycles. The van der Waals surface area contributed by atoms with Crippen LogP contribution in [0.1, 0.15) is 12.0 Å². The maximum absolute atomic E-state index is 12.8. The average Bonchev–Trinajstić information content (AvgIpc) is 3.16. The molecule has 1 N–H and O–H groups in total. The summed E-state index contributed by atoms with van der Waals surface area (Å²) in [6.45, 7) is 3.95. The van der Waals surface area contributed by atoms with Gasteiger partial charge in [-0.1, -0.05) is 18.2 Å². The molecule has 0 aliphatic carbocycles. The molecule has 0 bridgehead atoms. The summed E-state index contributed by atoms with van der Waals surface area (Å²) < 4.78 is 38.9. The number of hydrogen-bond donors (Lipinski definition) is 1. The van der Waals surface area contributed by atoms with Crippen LogP contribution in [-0.2, 0) is 10.0 Å². The summed E-state index contributed by atoms with van der Waals surface area (Å²) >= 11 is 0. The van der Waals surface area contributed by atoms with Crippen LogP contribution in [-0.4, -0.2) is 42.3 Å². The number of nitrogens with zero attached hydrogens (tertiary/aromatic N) is 1. The smallest absolute Gasteiger partial charge is 0.240 e. The molecule has 1 aliphatic heterocycles. The van der Waals surface area contributed by atoms with Gasteiger partial charge in [0.2, 0.25) is 10.0 Å². The second-order valence-corrected chi connectivity index (χ2v) is 8.50. The van der Waals surface area contributed by atoms with Crippen molar-refractivity contribution in [3.63, 3.8) is 0 Å². The van der Waals surface area contributed by atoms with Crippen LogP contribution in [0, 0.1) is 12.8 Å². The molecular weight excluding hydrogens is 364 g/mol. The minimum Gasteiger partial charge on any atom is -0.493 e. The first kappa shape index (κ1) is 19.5. The zero-order valence-electron chi connectivity index (χ0n) is 15.9. The van der Waals surface area contributed by atoms with Crippen molar-refractivity contribution in [2.24, 2.45) is 5.92 Å². The van der Waals surface area contributed by atoms with E-state index in [1.807, 2.05) is 18.2 Å². The first-order valence-corrected chi connectivity index (χ1v) is 10.4. The highest BCUT2D eigenvalue weighted by molar-refractivity contribution is 7.89. The van der Waals surface area contributed by atoms with Crippen LogP contribution in [0.2, 0.25) is 0 Å². The number of sulfonamides is 1. The van der Waals surface area contributed by atoms with Crippen LogP contribution in [0.15, 0.2) is 47.4 Å². The number of rotatable bonds is 7. The minimum atomic E-state index is -3.62. The lowest BCUT2D eigenvalue weighted by atomic mass is 10.1. The number of aryl methyl sites for hydroxylation is 1. The van der Waals surface area contributed by atoms with E-state index in [2.05, 4.69) is 21.8 Å². The lowest BCUT2D eigenvalue weighted by Gasteiger charge is -2.19. The molecule has 7 heteroatoms. The summed E-state index contributed by atoms with van der Waals surface area (Å²) in [7, 11) is -0.598. The second kappa shape index (κ2) is 8.19. The quantitative estimate of drug-likeness (QED) is 0.787. The normalized spacial score (nSPS) is 17.1. The third-order valence-corrected chi connectivity index (χ3v) is 6.51. The fourth-order valence-corrected chi connectivity index (χ4v) is 4.78. The summed E-state index contributed by atoms with van der Waals surface area (Å²) in [5, 5.41) is 0. The lowest BCUT2D eigenvalue weighted by molar-refractivity contribution is 0.353. The van der Waals surface area contributed by atoms with E-state index in [4.69, 9.17) is 9.47 Å². The molecule has 1 aliphatic rings. The van der Waals surface area contributed by atoms with E-state index in [1.165, 1.54) is 26.0 Å². The zero-order chi connectivity index (χ0) is 19.4. The van der Waals surface area contributed by atoms with E-state index < -0.39 is 10.0 Å². The van der Waals surface area contributed by atoms with Gasteiger partial charge in [0, 0.05) is 31.4 Å². The topological polar surface area (TPSA) is 67.9 Å². The molecule has 1 fully saturated rings. The van der Waals surface area contributed by atoms with E-state index in [9.17, 15) is 8.42 Å². The SMILES string of the molecule is COc1cc(C)c(S(=O)(=O)NCC2CCN(c3ccccc3)C2)cc1OC. The number of methoxy groups -OCH3 is 2. The van der Waals surface area contributed by atoms with Gasteiger partial charge < -0.3 is 14.4 Å². The number of ether oxygens (including phenoxy) is 2. The van der Waals surface area contributed by atoms with Crippen LogP contribution in [0.25, 0.3) is 0 Å². The molecule has 1 unspecified atom stereocenters. The summed E-state index contributed by atoms with van der Waals surface area (Å²) in [5.41, 5.74) is 1.80. The summed E-state index contributed by atoms with van der Waals surface area (Å²) in [4.78, 5) is 2.51. The van der Waals surface area contributed by atoms with Gasteiger partial charge in [0.1, 0.15) is 0 Å². The fraction of sp³-hybridized carbons (Fsp3) is 0.400. The third kappa shape index (κ3) is 4.36. The van der Waals surface area contributed by atoms with Crippen molar-refractivity contribution in [2.45, 2.75) is 18.2 Å². The standard InChI is InChI=1S/C20H26N2O4S/c1-15-11-18(25-2)19(26-3)12-20(15)27(23,24)21-13-16-9-10-22(14-16)17-7-5-4-6-8-17/h4-8,11-12,16,21H,9-10,13-14H2,1-3H3. The molecule has 0 spiro atoms. The van der Waals surface area contributed by atoms with Gasteiger partial charge in [-0.2, -0.15) is 0 Å². The van der Waals surface area contributed by atoms with Crippen molar-refractivity contribution >= 4 is 15.7 Å². The zero-order valence-corrected chi connectivity index (χ0v) is 16.8. The highest BCUT2D eigenvalue weighted by Gasteiger charge is 2.26. The van der Waals surface area contributed by atoms with Crippen molar-refractivity contribution in [3.05, 3.63) is 48.0 Å². The number of nitrogens with one attached hydrogen (secondary N) is 1. The van der Waals surface area contributed by atoms with Crippen LogP contribution in [0.3, 0.4) is 0 Å². The average molecular weight is 391 g/mol. The molecular formula is C20H26N2O4S. The molecule has 1 atom stereocenters. The van der Waals surface area contributed by atoms with Gasteiger partial charge in [0.25, 0.3) is 0 Å². The Morgan fingerprint density at radius 3 is 2.44 bits per heavy atom. The van der Waals surface area contributed by atoms with Crippen molar-refractivity contribution in [1.82, 2.24) is 4.72 Å². The van der Waals surface area contributed by atoms with Gasteiger partial charge in [-0.15, -0.1) is 0 Å². The van der Waals surface area contributed by atoms with Crippen molar-refractivity contribution in [3.8, 4) is 11.5 Å². The Labute approximate surface area is 161 Å². The first-order valence-electron chi connectivity index (χ1n) is 8.97. The predicted octanol–water partition coefficient (Wildman–Crippen LogP) is 2.82. The van der Waals surface area contributed by atoms with E-state index >= 15 is 0 Å². The molecule has 146 valence electrons. The molecule has 2 aromatic rings. The van der Waals surface area contributed by atoms with Gasteiger partial charge in [-0.25, -0.2) is 13.1 Å². The van der Waals surface area contributed by atoms with E-state index in [1.54, 1.807) is 13.0 Å². The van der Waals surface area contributed by atoms with Gasteiger partial charge in [0.05, 0.1) is 19.1 Å². The Hall–Kier alpha value is -2.25. The van der Waals surface area contributed by atoms with Crippen molar-refractivity contribution in [2.75, 3.05) is 38.8 Å². The minimum absolute atomic E-state index is 0.220. The van der Waals surface area contributed by atoms with Crippen LogP contribution in [0.5, 0.6) is 11.5 Å². The first-order chi connectivity index (χ1) is 12.9. The predicted molar refractivity (Wildman–Crippen MR) is 106 cm³/mol. The fourth-order valence-electron chi connectivity index (χ4n) is 3.43. The molecule has 0 radical (unpaired) electrons. The largest absolute Gasteiger partial charge is 0.493 e. The molecule has 2 aromatic carbocycles. The van der Waals surface area contributed by atoms with E-state index in [0.717, 1.165) is 19.5 Å². The third-order valence-electron chi connectivity index (χ3n) is 4.94. The molecule has 3 rings (SSSR count). The number of hydrogen-bond acceptors (Lipinski definition) is 5. The number of benzene rings is 2. The highest BCUT2D eigenvalue weighted by atomic mass is 32.2. The van der Waals surface area contributed by atoms with E-state index in [0.29, 0.717) is 23.6 Å². The molecule has 1 heterocycles. The maximum Gasteiger partial charge on any atom is 0.240 e. The number of para-hydroxylation sites is 1. The lowest BCUT2D eigenvalue weighted by Crippen LogP contribution is -2.31. The molecule has 0 aromatic heterocycles. The Morgan fingerprint density at radius 2 is 1.78 bits per heavy atom. The molecule has 0 saturated carbocycles. The van der Waals surface area contributed by atoms with Crippen molar-refractivity contribution < 1.29 is 17.9 Å². The van der Waals surface area contributed by atoms with Gasteiger partial charge >= 0.3 is 0 Å². The van der Waals surface area contributed by atoms with Gasteiger partial charge in [-0.05, 0) is 43.0 Å². The summed E-state index contributed by atoms with van der Waals surface area (Å²) in [6.07, 6.45) is 0.961. The molecule has 0 amide bonds. The maximum atomic E-state index is 12.8. The summed E-state index contributed by atoms with van der Waals surface area (Å²) in [6, 6.07) is 13.4. The molecule has 6 nitrogen and oxygen atoms in total. The van der Waals surface area contributed by atoms with Crippen LogP contribution >= 0.6 is 0 Å². The van der Waals surface area contributed by atoms with E-state index in [-0.39, 0.29) is 10.8 Å². The second-order valence-electron chi connectivity index (χ2n) is 6.76. The highest BCUT2D eigenvalue weighted by Crippen LogP contribution is 2.32. The van der Waals surface area contributed by atoms with Crippen LogP contribution < -0.4 is 19.1 Å². The summed E-state index contributed by atoms with van der Waals surface area (Å²) in [5.74, 6) is 1.20. The Morgan fingerprint density at radius 1 is 1.11 bits per heavy atom. The van der Waals surface area contributed by atoms with Gasteiger partial charge in [0.15, 0.2) is 11.5 Å². The number of anilines is 1. The van der Waals surface area contributed by atoms with Crippen molar-refractivity contribution in [1.29, 1.82) is 0 Å². The Balaban J connectivity index is 1.67. The molecule has 27 heavy (non-hydrogen) atoms. The van der Waals surface area contributed by atoms with Gasteiger partial charge in [-0.3, -0.25) is 0 Å². The van der Waals surface area contributed by atoms with Crippen LogP contribution in [0.4, 0.5) is 5.69 Å². The Bertz CT molecular complexity index is 884.